The number of rotatable bonds is 6. The fourth-order valence-corrected chi connectivity index (χ4v) is 5.30. The Kier molecular flexibility index (Phi) is 6.23. The third-order valence-corrected chi connectivity index (χ3v) is 6.98. The van der Waals surface area contributed by atoms with Gasteiger partial charge in [-0.15, -0.1) is 0 Å². The van der Waals surface area contributed by atoms with Crippen LogP contribution < -0.4 is 0 Å². The minimum Gasteiger partial charge on any atom is -0.466 e. The van der Waals surface area contributed by atoms with Crippen LogP contribution in [0.4, 0.5) is 0 Å². The zero-order valence-corrected chi connectivity index (χ0v) is 21.5. The first-order valence-corrected chi connectivity index (χ1v) is 12.3. The van der Waals surface area contributed by atoms with E-state index in [1.165, 1.54) is 7.11 Å². The lowest BCUT2D eigenvalue weighted by atomic mass is 10.0. The number of esters is 2. The van der Waals surface area contributed by atoms with Crippen LogP contribution in [0.5, 0.6) is 0 Å². The van der Waals surface area contributed by atoms with Crippen molar-refractivity contribution in [2.45, 2.75) is 44.2 Å². The average Bonchev–Trinajstić information content (AvgIpc) is 3.56. The monoisotopic (exact) mass is 556 g/mol. The molecule has 1 saturated carbocycles. The van der Waals surface area contributed by atoms with Crippen molar-refractivity contribution >= 4 is 45.2 Å². The lowest BCUT2D eigenvalue weighted by Gasteiger charge is -2.17. The van der Waals surface area contributed by atoms with Gasteiger partial charge in [-0.2, -0.15) is 0 Å². The SMILES string of the molecule is COC(=O)C1(OC(=O)CC[C@@H]2N=C(c3ccccn3)c3cc(Cl)cc(Br)c3-n3c(C)cnc32)CC1. The first-order chi connectivity index (χ1) is 16.8. The van der Waals surface area contributed by atoms with Crippen molar-refractivity contribution in [2.24, 2.45) is 4.99 Å². The largest absolute Gasteiger partial charge is 0.466 e. The lowest BCUT2D eigenvalue weighted by Crippen LogP contribution is -2.30. The summed E-state index contributed by atoms with van der Waals surface area (Å²) in [5, 5.41) is 0.554. The van der Waals surface area contributed by atoms with E-state index in [4.69, 9.17) is 26.1 Å². The molecule has 0 amide bonds. The second-order valence-corrected chi connectivity index (χ2v) is 9.87. The Hall–Kier alpha value is -3.04. The van der Waals surface area contributed by atoms with Gasteiger partial charge in [-0.3, -0.25) is 19.3 Å². The molecule has 35 heavy (non-hydrogen) atoms. The number of hydrogen-bond acceptors (Lipinski definition) is 7. The molecule has 0 N–H and O–H groups in total. The summed E-state index contributed by atoms with van der Waals surface area (Å²) in [4.78, 5) is 38.9. The molecule has 8 nitrogen and oxygen atoms in total. The van der Waals surface area contributed by atoms with Gasteiger partial charge in [0.2, 0.25) is 5.60 Å². The van der Waals surface area contributed by atoms with E-state index in [-0.39, 0.29) is 6.42 Å². The molecule has 5 rings (SSSR count). The normalized spacial score (nSPS) is 17.5. The van der Waals surface area contributed by atoms with Crippen LogP contribution in [0, 0.1) is 6.92 Å². The Morgan fingerprint density at radius 2 is 2.06 bits per heavy atom. The number of fused-ring (bicyclic) bond motifs is 3. The van der Waals surface area contributed by atoms with Gasteiger partial charge in [0.15, 0.2) is 0 Å². The number of aryl methyl sites for hydroxylation is 1. The van der Waals surface area contributed by atoms with Crippen LogP contribution in [0.15, 0.2) is 52.2 Å². The standard InChI is InChI=1S/C25H22BrClN4O4/c1-14-13-29-23-19(6-7-20(32)35-25(8-9-25)24(33)34-2)30-21(18-5-3-4-10-28-18)16-11-15(27)12-17(26)22(16)31(14)23/h3-5,10-13,19H,6-9H2,1-2H3/t19-/m0/s1. The molecular weight excluding hydrogens is 536 g/mol. The van der Waals surface area contributed by atoms with Crippen molar-refractivity contribution in [1.82, 2.24) is 14.5 Å². The third-order valence-electron chi connectivity index (χ3n) is 6.16. The molecule has 0 unspecified atom stereocenters. The topological polar surface area (TPSA) is 95.7 Å². The van der Waals surface area contributed by atoms with Crippen LogP contribution in [0.2, 0.25) is 5.02 Å². The van der Waals surface area contributed by atoms with Gasteiger partial charge in [0.05, 0.1) is 24.2 Å². The quantitative estimate of drug-likeness (QED) is 0.400. The molecule has 1 aromatic carbocycles. The second-order valence-electron chi connectivity index (χ2n) is 8.58. The molecule has 1 atom stereocenters. The van der Waals surface area contributed by atoms with Crippen molar-refractivity contribution < 1.29 is 19.1 Å². The maximum absolute atomic E-state index is 12.7. The van der Waals surface area contributed by atoms with Crippen LogP contribution in [0.3, 0.4) is 0 Å². The van der Waals surface area contributed by atoms with E-state index in [9.17, 15) is 9.59 Å². The molecule has 3 heterocycles. The van der Waals surface area contributed by atoms with Crippen molar-refractivity contribution in [3.63, 3.8) is 0 Å². The van der Waals surface area contributed by atoms with Crippen molar-refractivity contribution in [1.29, 1.82) is 0 Å². The number of benzene rings is 1. The van der Waals surface area contributed by atoms with Crippen molar-refractivity contribution in [2.75, 3.05) is 7.11 Å². The van der Waals surface area contributed by atoms with Crippen LogP contribution in [0.25, 0.3) is 5.69 Å². The van der Waals surface area contributed by atoms with E-state index in [1.807, 2.05) is 41.8 Å². The van der Waals surface area contributed by atoms with Crippen LogP contribution >= 0.6 is 27.5 Å². The molecule has 2 aromatic heterocycles. The Bertz CT molecular complexity index is 1350. The summed E-state index contributed by atoms with van der Waals surface area (Å²) in [7, 11) is 1.29. The fraction of sp³-hybridized carbons (Fsp3) is 0.320. The molecule has 10 heteroatoms. The van der Waals surface area contributed by atoms with Gasteiger partial charge in [-0.1, -0.05) is 17.7 Å². The number of imidazole rings is 1. The van der Waals surface area contributed by atoms with Gasteiger partial charge in [0, 0.05) is 52.4 Å². The Labute approximate surface area is 215 Å². The summed E-state index contributed by atoms with van der Waals surface area (Å²) < 4.78 is 13.1. The van der Waals surface area contributed by atoms with E-state index in [0.717, 1.165) is 21.4 Å². The zero-order valence-electron chi connectivity index (χ0n) is 19.1. The van der Waals surface area contributed by atoms with E-state index in [2.05, 4.69) is 25.9 Å². The number of aromatic nitrogens is 3. The summed E-state index contributed by atoms with van der Waals surface area (Å²) in [5.41, 5.74) is 2.78. The third kappa shape index (κ3) is 4.38. The molecule has 1 aliphatic carbocycles. The minimum absolute atomic E-state index is 0.0621. The van der Waals surface area contributed by atoms with E-state index >= 15 is 0 Å². The number of halogens is 2. The number of hydrogen-bond donors (Lipinski definition) is 0. The van der Waals surface area contributed by atoms with Gasteiger partial charge < -0.3 is 9.47 Å². The number of carbonyl (C=O) groups excluding carboxylic acids is 2. The number of aliphatic imine (C=N–C) groups is 1. The van der Waals surface area contributed by atoms with Crippen LogP contribution in [0.1, 0.15) is 54.5 Å². The van der Waals surface area contributed by atoms with Gasteiger partial charge in [0.1, 0.15) is 11.9 Å². The Morgan fingerprint density at radius 1 is 1.26 bits per heavy atom. The van der Waals surface area contributed by atoms with Crippen molar-refractivity contribution in [3.8, 4) is 5.69 Å². The first-order valence-electron chi connectivity index (χ1n) is 11.2. The molecule has 0 bridgehead atoms. The molecular formula is C25H22BrClN4O4. The maximum Gasteiger partial charge on any atom is 0.350 e. The maximum atomic E-state index is 12.7. The summed E-state index contributed by atoms with van der Waals surface area (Å²) >= 11 is 10.1. The average molecular weight is 558 g/mol. The first kappa shape index (κ1) is 23.7. The summed E-state index contributed by atoms with van der Waals surface area (Å²) in [6.07, 6.45) is 4.84. The number of methoxy groups -OCH3 is 1. The lowest BCUT2D eigenvalue weighted by molar-refractivity contribution is -0.169. The summed E-state index contributed by atoms with van der Waals surface area (Å²) in [6.45, 7) is 1.96. The predicted octanol–water partition coefficient (Wildman–Crippen LogP) is 4.91. The van der Waals surface area contributed by atoms with Gasteiger partial charge in [-0.05, 0) is 53.5 Å². The van der Waals surface area contributed by atoms with E-state index < -0.39 is 23.6 Å². The summed E-state index contributed by atoms with van der Waals surface area (Å²) in [6, 6.07) is 8.86. The highest BCUT2D eigenvalue weighted by molar-refractivity contribution is 9.10. The van der Waals surface area contributed by atoms with Crippen LogP contribution in [-0.2, 0) is 19.1 Å². The highest BCUT2D eigenvalue weighted by atomic mass is 79.9. The number of carbonyl (C=O) groups is 2. The molecule has 0 saturated heterocycles. The van der Waals surface area contributed by atoms with Gasteiger partial charge in [-0.25, -0.2) is 9.78 Å². The minimum atomic E-state index is -1.13. The number of nitrogens with zero attached hydrogens (tertiary/aromatic N) is 4. The predicted molar refractivity (Wildman–Crippen MR) is 133 cm³/mol. The van der Waals surface area contributed by atoms with E-state index in [1.54, 1.807) is 12.4 Å². The molecule has 3 aromatic rings. The van der Waals surface area contributed by atoms with Crippen molar-refractivity contribution in [3.05, 3.63) is 75.0 Å². The zero-order chi connectivity index (χ0) is 24.7. The second kappa shape index (κ2) is 9.20. The molecule has 0 radical (unpaired) electrons. The molecule has 2 aliphatic rings. The molecule has 180 valence electrons. The number of pyridine rings is 1. The van der Waals surface area contributed by atoms with Crippen LogP contribution in [-0.4, -0.2) is 44.9 Å². The van der Waals surface area contributed by atoms with Gasteiger partial charge in [0.25, 0.3) is 0 Å². The summed E-state index contributed by atoms with van der Waals surface area (Å²) in [5.74, 6) is -0.290. The fourth-order valence-electron chi connectivity index (χ4n) is 4.31. The Balaban J connectivity index is 1.54. The highest BCUT2D eigenvalue weighted by Gasteiger charge is 2.55. The molecule has 0 spiro atoms. The van der Waals surface area contributed by atoms with Gasteiger partial charge >= 0.3 is 11.9 Å². The smallest absolute Gasteiger partial charge is 0.350 e. The number of ether oxygens (including phenoxy) is 2. The Morgan fingerprint density at radius 3 is 2.74 bits per heavy atom. The van der Waals surface area contributed by atoms with E-state index in [0.29, 0.717) is 41.5 Å². The molecule has 1 aliphatic heterocycles. The molecule has 1 fully saturated rings. The highest BCUT2D eigenvalue weighted by Crippen LogP contribution is 2.42.